The maximum Gasteiger partial charge on any atom is 0.256 e. The van der Waals surface area contributed by atoms with Gasteiger partial charge in [-0.25, -0.2) is 8.78 Å². The third-order valence-electron chi connectivity index (χ3n) is 12.9. The number of piperazine rings is 1. The fourth-order valence-corrected chi connectivity index (χ4v) is 9.79. The Morgan fingerprint density at radius 3 is 1.57 bits per heavy atom. The molecule has 6 aromatic rings. The number of benzene rings is 4. The number of pyridine rings is 2. The van der Waals surface area contributed by atoms with Crippen LogP contribution in [0.4, 0.5) is 18.9 Å². The van der Waals surface area contributed by atoms with Crippen LogP contribution in [0.3, 0.4) is 0 Å². The predicted molar refractivity (Wildman–Crippen MR) is 250 cm³/mol. The van der Waals surface area contributed by atoms with E-state index >= 15 is 4.39 Å². The van der Waals surface area contributed by atoms with E-state index in [4.69, 9.17) is 32.7 Å². The summed E-state index contributed by atoms with van der Waals surface area (Å²) in [5, 5.41) is 9.84. The Hall–Kier alpha value is -6.11. The zero-order valence-electron chi connectivity index (χ0n) is 36.2. The van der Waals surface area contributed by atoms with Gasteiger partial charge in [-0.3, -0.25) is 19.2 Å². The molecule has 19 heteroatoms. The molecule has 2 aromatic heterocycles. The maximum atomic E-state index is 15.9. The highest BCUT2D eigenvalue weighted by Crippen LogP contribution is 2.46. The second-order valence-corrected chi connectivity index (χ2v) is 18.0. The molecule has 3 saturated heterocycles. The van der Waals surface area contributed by atoms with Crippen molar-refractivity contribution in [1.29, 1.82) is 0 Å². The summed E-state index contributed by atoms with van der Waals surface area (Å²) < 4.78 is 59.3. The van der Waals surface area contributed by atoms with Gasteiger partial charge in [0, 0.05) is 74.8 Å². The Labute approximate surface area is 391 Å². The van der Waals surface area contributed by atoms with Crippen molar-refractivity contribution in [2.45, 2.75) is 25.7 Å². The first-order chi connectivity index (χ1) is 32.4. The SMILES string of the molecule is O=C(NCCN1CCCC1)c1cn2c3c(c(F)c(F)cc3c1=O)Oc1ccc(Cl)cc1-2.O=C(NCCN1CCCC1)c1cn2c3c(c(F)c(N4CCNCC4)cc3c1=O)Oc1ccc(Cl)cc1-2. The molecule has 0 spiro atoms. The van der Waals surface area contributed by atoms with Crippen LogP contribution in [0.15, 0.2) is 70.5 Å². The minimum atomic E-state index is -1.23. The molecule has 4 aromatic carbocycles. The molecule has 5 aliphatic heterocycles. The van der Waals surface area contributed by atoms with E-state index in [2.05, 4.69) is 25.8 Å². The summed E-state index contributed by atoms with van der Waals surface area (Å²) in [6.45, 7) is 8.89. The quantitative estimate of drug-likeness (QED) is 0.139. The number of amides is 2. The van der Waals surface area contributed by atoms with Crippen LogP contribution >= 0.6 is 23.2 Å². The highest BCUT2D eigenvalue weighted by atomic mass is 35.5. The van der Waals surface area contributed by atoms with Crippen LogP contribution in [0.2, 0.25) is 10.0 Å². The smallest absolute Gasteiger partial charge is 0.256 e. The molecule has 0 unspecified atom stereocenters. The molecular formula is C48H45Cl2F3N8O6. The lowest BCUT2D eigenvalue weighted by atomic mass is 10.1. The van der Waals surface area contributed by atoms with Gasteiger partial charge in [0.1, 0.15) is 22.2 Å². The van der Waals surface area contributed by atoms with Gasteiger partial charge in [0.2, 0.25) is 16.7 Å². The number of halogens is 5. The maximum absolute atomic E-state index is 15.9. The number of fused-ring (bicyclic) bond motifs is 4. The third-order valence-corrected chi connectivity index (χ3v) is 13.3. The number of anilines is 1. The summed E-state index contributed by atoms with van der Waals surface area (Å²) in [7, 11) is 0. The number of carbonyl (C=O) groups is 2. The zero-order valence-corrected chi connectivity index (χ0v) is 37.7. The highest BCUT2D eigenvalue weighted by Gasteiger charge is 2.32. The van der Waals surface area contributed by atoms with Crippen LogP contribution in [0.5, 0.6) is 23.0 Å². The summed E-state index contributed by atoms with van der Waals surface area (Å²) in [6, 6.07) is 12.0. The first-order valence-electron chi connectivity index (χ1n) is 22.4. The fourth-order valence-electron chi connectivity index (χ4n) is 9.46. The molecule has 0 saturated carbocycles. The fraction of sp³-hybridized carbons (Fsp3) is 0.333. The minimum absolute atomic E-state index is 0.000524. The van der Waals surface area contributed by atoms with Crippen molar-refractivity contribution < 1.29 is 32.2 Å². The topological polar surface area (TPSA) is 142 Å². The number of nitrogens with zero attached hydrogens (tertiary/aromatic N) is 5. The Kier molecular flexibility index (Phi) is 12.4. The molecule has 0 aliphatic carbocycles. The predicted octanol–water partition coefficient (Wildman–Crippen LogP) is 6.98. The van der Waals surface area contributed by atoms with Crippen molar-refractivity contribution in [3.05, 3.63) is 120 Å². The van der Waals surface area contributed by atoms with Gasteiger partial charge in [-0.15, -0.1) is 0 Å². The van der Waals surface area contributed by atoms with E-state index in [1.807, 2.05) is 4.90 Å². The van der Waals surface area contributed by atoms with Gasteiger partial charge in [0.05, 0.1) is 27.8 Å². The van der Waals surface area contributed by atoms with Gasteiger partial charge in [-0.2, -0.15) is 4.39 Å². The van der Waals surface area contributed by atoms with Crippen molar-refractivity contribution in [3.8, 4) is 34.4 Å². The highest BCUT2D eigenvalue weighted by molar-refractivity contribution is 6.31. The van der Waals surface area contributed by atoms with Crippen molar-refractivity contribution in [1.82, 2.24) is 34.9 Å². The van der Waals surface area contributed by atoms with Crippen molar-refractivity contribution >= 4 is 62.5 Å². The van der Waals surface area contributed by atoms with E-state index in [0.717, 1.165) is 51.6 Å². The largest absolute Gasteiger partial charge is 0.450 e. The molecule has 7 heterocycles. The molecule has 2 amide bonds. The number of nitrogens with one attached hydrogen (secondary N) is 3. The Balaban J connectivity index is 0.000000159. The van der Waals surface area contributed by atoms with Crippen LogP contribution in [0, 0.1) is 17.5 Å². The number of hydrogen-bond acceptors (Lipinski definition) is 10. The van der Waals surface area contributed by atoms with Crippen molar-refractivity contribution in [2.75, 3.05) is 83.4 Å². The molecule has 14 nitrogen and oxygen atoms in total. The number of ether oxygens (including phenoxy) is 2. The lowest BCUT2D eigenvalue weighted by Gasteiger charge is -2.32. The first kappa shape index (κ1) is 44.7. The molecule has 0 atom stereocenters. The number of hydrogen-bond donors (Lipinski definition) is 3. The number of aromatic nitrogens is 2. The monoisotopic (exact) mass is 956 g/mol. The summed E-state index contributed by atoms with van der Waals surface area (Å²) in [4.78, 5) is 59.1. The molecule has 5 aliphatic rings. The summed E-state index contributed by atoms with van der Waals surface area (Å²) >= 11 is 12.4. The summed E-state index contributed by atoms with van der Waals surface area (Å²) in [5.41, 5.74) is 0.284. The molecule has 3 N–H and O–H groups in total. The summed E-state index contributed by atoms with van der Waals surface area (Å²) in [6.07, 6.45) is 7.41. The Bertz CT molecular complexity index is 3110. The lowest BCUT2D eigenvalue weighted by molar-refractivity contribution is 0.0940. The van der Waals surface area contributed by atoms with Gasteiger partial charge >= 0.3 is 0 Å². The van der Waals surface area contributed by atoms with E-state index in [1.54, 1.807) is 41.0 Å². The van der Waals surface area contributed by atoms with Gasteiger partial charge in [-0.1, -0.05) is 23.2 Å². The number of rotatable bonds is 9. The van der Waals surface area contributed by atoms with E-state index in [1.165, 1.54) is 35.9 Å². The average Bonchev–Trinajstić information content (AvgIpc) is 4.06. The van der Waals surface area contributed by atoms with E-state index in [9.17, 15) is 28.0 Å². The summed E-state index contributed by atoms with van der Waals surface area (Å²) in [5.74, 6) is -3.77. The normalized spacial score (nSPS) is 16.2. The van der Waals surface area contributed by atoms with Gasteiger partial charge in [0.25, 0.3) is 11.8 Å². The Morgan fingerprint density at radius 2 is 1.07 bits per heavy atom. The second-order valence-electron chi connectivity index (χ2n) is 17.1. The van der Waals surface area contributed by atoms with Gasteiger partial charge in [0.15, 0.2) is 34.6 Å². The molecule has 348 valence electrons. The first-order valence-corrected chi connectivity index (χ1v) is 23.1. The molecular weight excluding hydrogens is 912 g/mol. The van der Waals surface area contributed by atoms with Crippen LogP contribution < -0.4 is 41.2 Å². The van der Waals surface area contributed by atoms with Gasteiger partial charge < -0.3 is 49.3 Å². The molecule has 67 heavy (non-hydrogen) atoms. The minimum Gasteiger partial charge on any atom is -0.450 e. The third kappa shape index (κ3) is 8.48. The van der Waals surface area contributed by atoms with E-state index in [0.29, 0.717) is 84.2 Å². The average molecular weight is 958 g/mol. The molecule has 3 fully saturated rings. The standard InChI is InChI=1S/C26H27ClFN5O3.C22H18ClF2N3O3/c27-16-3-4-21-19(13-16)33-15-18(26(35)30-7-10-31-8-1-2-9-31)24(34)17-14-20(32-11-5-29-6-12-32)22(28)25(36-21)23(17)33;23-12-3-4-17-16(9-12)28-11-14(22(30)26-5-8-27-6-1-2-7-27)20(29)13-10-15(24)18(25)21(31-17)19(13)28/h3-4,13-15,29H,1-2,5-12H2,(H,30,35);3-4,9-11H,1-2,5-8H2,(H,26,30). The van der Waals surface area contributed by atoms with Crippen LogP contribution in [-0.2, 0) is 0 Å². The van der Waals surface area contributed by atoms with E-state index < -0.39 is 45.9 Å². The zero-order chi connectivity index (χ0) is 46.5. The van der Waals surface area contributed by atoms with Gasteiger partial charge in [-0.05, 0) is 100 Å². The van der Waals surface area contributed by atoms with Crippen LogP contribution in [0.25, 0.3) is 33.2 Å². The molecule has 0 bridgehead atoms. The molecule has 11 rings (SSSR count). The molecule has 0 radical (unpaired) electrons. The van der Waals surface area contributed by atoms with E-state index in [-0.39, 0.29) is 38.9 Å². The number of likely N-dealkylation sites (tertiary alicyclic amines) is 2. The van der Waals surface area contributed by atoms with Crippen LogP contribution in [0.1, 0.15) is 46.4 Å². The Morgan fingerprint density at radius 1 is 0.612 bits per heavy atom. The van der Waals surface area contributed by atoms with Crippen LogP contribution in [-0.4, -0.2) is 109 Å². The lowest BCUT2D eigenvalue weighted by Crippen LogP contribution is -2.44. The second kappa shape index (κ2) is 18.5. The van der Waals surface area contributed by atoms with Crippen molar-refractivity contribution in [3.63, 3.8) is 0 Å². The number of carbonyl (C=O) groups excluding carboxylic acids is 2. The van der Waals surface area contributed by atoms with Crippen molar-refractivity contribution in [2.24, 2.45) is 0 Å².